The molecule has 0 bridgehead atoms. The van der Waals surface area contributed by atoms with Crippen molar-refractivity contribution in [3.05, 3.63) is 0 Å². The number of carboxylic acid groups (broad SMARTS) is 2. The summed E-state index contributed by atoms with van der Waals surface area (Å²) in [6.45, 7) is 0. The SMILES string of the molecule is O=C(O)[C@H]1C[C@H](Br)[C@H](Br)C[C@H]1C(=O)O. The summed E-state index contributed by atoms with van der Waals surface area (Å²) in [5.74, 6) is -3.63. The molecule has 0 unspecified atom stereocenters. The molecule has 2 N–H and O–H groups in total. The molecule has 6 heteroatoms. The van der Waals surface area contributed by atoms with Gasteiger partial charge in [0.15, 0.2) is 0 Å². The molecule has 1 aliphatic carbocycles. The molecule has 1 aliphatic rings. The Balaban J connectivity index is 2.80. The summed E-state index contributed by atoms with van der Waals surface area (Å²) >= 11 is 6.67. The van der Waals surface area contributed by atoms with Crippen LogP contribution in [0.15, 0.2) is 0 Å². The minimum atomic E-state index is -1.03. The molecular formula is C8H10Br2O4. The van der Waals surface area contributed by atoms with Crippen LogP contribution in [0.5, 0.6) is 0 Å². The topological polar surface area (TPSA) is 74.6 Å². The summed E-state index contributed by atoms with van der Waals surface area (Å²) in [7, 11) is 0. The minimum absolute atomic E-state index is 0.0270. The van der Waals surface area contributed by atoms with E-state index < -0.39 is 23.8 Å². The molecular weight excluding hydrogens is 320 g/mol. The number of hydrogen-bond donors (Lipinski definition) is 2. The van der Waals surface area contributed by atoms with Crippen LogP contribution in [0.25, 0.3) is 0 Å². The first-order valence-corrected chi connectivity index (χ1v) is 6.00. The van der Waals surface area contributed by atoms with Crippen molar-refractivity contribution in [2.45, 2.75) is 22.5 Å². The van der Waals surface area contributed by atoms with Gasteiger partial charge in [-0.25, -0.2) is 0 Å². The summed E-state index contributed by atoms with van der Waals surface area (Å²) in [6, 6.07) is 0. The quantitative estimate of drug-likeness (QED) is 0.756. The van der Waals surface area contributed by atoms with Crippen LogP contribution in [0.1, 0.15) is 12.8 Å². The number of halogens is 2. The number of rotatable bonds is 2. The monoisotopic (exact) mass is 328 g/mol. The molecule has 4 atom stereocenters. The van der Waals surface area contributed by atoms with Gasteiger partial charge < -0.3 is 10.2 Å². The van der Waals surface area contributed by atoms with E-state index >= 15 is 0 Å². The molecule has 1 rings (SSSR count). The highest BCUT2D eigenvalue weighted by atomic mass is 79.9. The Morgan fingerprint density at radius 2 is 1.21 bits per heavy atom. The van der Waals surface area contributed by atoms with Gasteiger partial charge in [-0.1, -0.05) is 31.9 Å². The van der Waals surface area contributed by atoms with Crippen molar-refractivity contribution in [1.29, 1.82) is 0 Å². The average molecular weight is 330 g/mol. The Kier molecular flexibility index (Phi) is 3.94. The Morgan fingerprint density at radius 3 is 1.43 bits per heavy atom. The van der Waals surface area contributed by atoms with Gasteiger partial charge >= 0.3 is 11.9 Å². The fourth-order valence-electron chi connectivity index (χ4n) is 1.65. The molecule has 80 valence electrons. The molecule has 0 aromatic heterocycles. The molecule has 0 aromatic carbocycles. The van der Waals surface area contributed by atoms with Crippen LogP contribution in [0.3, 0.4) is 0 Å². The van der Waals surface area contributed by atoms with E-state index in [9.17, 15) is 9.59 Å². The van der Waals surface area contributed by atoms with E-state index in [0.717, 1.165) is 0 Å². The van der Waals surface area contributed by atoms with E-state index in [4.69, 9.17) is 10.2 Å². The molecule has 1 fully saturated rings. The maximum Gasteiger partial charge on any atom is 0.307 e. The van der Waals surface area contributed by atoms with Gasteiger partial charge in [0.2, 0.25) is 0 Å². The summed E-state index contributed by atoms with van der Waals surface area (Å²) in [5.41, 5.74) is 0. The average Bonchev–Trinajstić information content (AvgIpc) is 2.08. The lowest BCUT2D eigenvalue weighted by Crippen LogP contribution is -2.40. The predicted octanol–water partition coefficient (Wildman–Crippen LogP) is 1.71. The van der Waals surface area contributed by atoms with Crippen molar-refractivity contribution in [3.63, 3.8) is 0 Å². The molecule has 0 spiro atoms. The van der Waals surface area contributed by atoms with Gasteiger partial charge in [0.25, 0.3) is 0 Å². The third-order valence-electron chi connectivity index (χ3n) is 2.47. The molecule has 14 heavy (non-hydrogen) atoms. The second-order valence-electron chi connectivity index (χ2n) is 3.39. The highest BCUT2D eigenvalue weighted by molar-refractivity contribution is 9.12. The van der Waals surface area contributed by atoms with E-state index in [1.165, 1.54) is 0 Å². The Bertz CT molecular complexity index is 230. The lowest BCUT2D eigenvalue weighted by Gasteiger charge is -2.32. The fraction of sp³-hybridized carbons (Fsp3) is 0.750. The number of carbonyl (C=O) groups is 2. The van der Waals surface area contributed by atoms with Crippen molar-refractivity contribution in [1.82, 2.24) is 0 Å². The molecule has 0 radical (unpaired) electrons. The Labute approximate surface area is 97.9 Å². The van der Waals surface area contributed by atoms with Gasteiger partial charge in [0.05, 0.1) is 11.8 Å². The third kappa shape index (κ3) is 2.48. The number of hydrogen-bond acceptors (Lipinski definition) is 2. The normalized spacial score (nSPS) is 37.9. The second-order valence-corrected chi connectivity index (χ2v) is 5.75. The van der Waals surface area contributed by atoms with Crippen LogP contribution in [-0.2, 0) is 9.59 Å². The summed E-state index contributed by atoms with van der Waals surface area (Å²) in [5, 5.41) is 17.7. The van der Waals surface area contributed by atoms with E-state index in [-0.39, 0.29) is 9.65 Å². The second kappa shape index (κ2) is 4.61. The van der Waals surface area contributed by atoms with Crippen LogP contribution in [0.2, 0.25) is 0 Å². The van der Waals surface area contributed by atoms with Crippen LogP contribution >= 0.6 is 31.9 Å². The predicted molar refractivity (Wildman–Crippen MR) is 56.9 cm³/mol. The maximum absolute atomic E-state index is 10.8. The first kappa shape index (κ1) is 12.0. The van der Waals surface area contributed by atoms with Gasteiger partial charge in [-0.15, -0.1) is 0 Å². The smallest absolute Gasteiger partial charge is 0.307 e. The van der Waals surface area contributed by atoms with Gasteiger partial charge in [-0.2, -0.15) is 0 Å². The lowest BCUT2D eigenvalue weighted by molar-refractivity contribution is -0.155. The van der Waals surface area contributed by atoms with E-state index in [1.807, 2.05) is 0 Å². The lowest BCUT2D eigenvalue weighted by atomic mass is 9.79. The van der Waals surface area contributed by atoms with Gasteiger partial charge in [0, 0.05) is 9.65 Å². The zero-order chi connectivity index (χ0) is 10.9. The Morgan fingerprint density at radius 1 is 0.929 bits per heavy atom. The largest absolute Gasteiger partial charge is 0.481 e. The summed E-state index contributed by atoms with van der Waals surface area (Å²) in [6.07, 6.45) is 0.699. The van der Waals surface area contributed by atoms with E-state index in [2.05, 4.69) is 31.9 Å². The molecule has 0 aliphatic heterocycles. The molecule has 4 nitrogen and oxygen atoms in total. The van der Waals surface area contributed by atoms with E-state index in [1.54, 1.807) is 0 Å². The van der Waals surface area contributed by atoms with Crippen molar-refractivity contribution >= 4 is 43.8 Å². The highest BCUT2D eigenvalue weighted by Crippen LogP contribution is 2.37. The fourth-order valence-corrected chi connectivity index (χ4v) is 2.89. The minimum Gasteiger partial charge on any atom is -0.481 e. The maximum atomic E-state index is 10.8. The molecule has 0 saturated heterocycles. The molecule has 1 saturated carbocycles. The van der Waals surface area contributed by atoms with Crippen LogP contribution in [0, 0.1) is 11.8 Å². The van der Waals surface area contributed by atoms with Crippen molar-refractivity contribution in [2.75, 3.05) is 0 Å². The molecule has 0 aromatic rings. The van der Waals surface area contributed by atoms with Crippen LogP contribution in [0.4, 0.5) is 0 Å². The van der Waals surface area contributed by atoms with Gasteiger partial charge in [-0.3, -0.25) is 9.59 Å². The van der Waals surface area contributed by atoms with Crippen molar-refractivity contribution in [3.8, 4) is 0 Å². The zero-order valence-electron chi connectivity index (χ0n) is 7.19. The van der Waals surface area contributed by atoms with Crippen LogP contribution < -0.4 is 0 Å². The van der Waals surface area contributed by atoms with Crippen LogP contribution in [-0.4, -0.2) is 31.8 Å². The number of aliphatic carboxylic acids is 2. The third-order valence-corrected chi connectivity index (χ3v) is 5.20. The van der Waals surface area contributed by atoms with E-state index in [0.29, 0.717) is 12.8 Å². The highest BCUT2D eigenvalue weighted by Gasteiger charge is 2.42. The van der Waals surface area contributed by atoms with Crippen molar-refractivity contribution in [2.24, 2.45) is 11.8 Å². The van der Waals surface area contributed by atoms with Crippen molar-refractivity contribution < 1.29 is 19.8 Å². The summed E-state index contributed by atoms with van der Waals surface area (Å²) in [4.78, 5) is 21.7. The van der Waals surface area contributed by atoms with Gasteiger partial charge in [-0.05, 0) is 12.8 Å². The first-order chi connectivity index (χ1) is 6.43. The number of alkyl halides is 2. The zero-order valence-corrected chi connectivity index (χ0v) is 10.4. The first-order valence-electron chi connectivity index (χ1n) is 4.17. The molecule has 0 heterocycles. The Hall–Kier alpha value is -0.100. The summed E-state index contributed by atoms with van der Waals surface area (Å²) < 4.78 is 0. The van der Waals surface area contributed by atoms with Gasteiger partial charge in [0.1, 0.15) is 0 Å². The standard InChI is InChI=1S/C8H10Br2O4/c9-5-1-3(7(11)12)4(8(13)14)2-6(5)10/h3-6H,1-2H2,(H,11,12)(H,13,14)/t3-,4+,5-,6+. The number of carboxylic acids is 2. The molecule has 0 amide bonds.